The number of hydrogen-bond donors (Lipinski definition) is 3. The summed E-state index contributed by atoms with van der Waals surface area (Å²) in [6, 6.07) is 16.5. The summed E-state index contributed by atoms with van der Waals surface area (Å²) in [5.74, 6) is -0.318. The maximum atomic E-state index is 12.5. The van der Waals surface area contributed by atoms with Crippen LogP contribution in [0.1, 0.15) is 54.8 Å². The summed E-state index contributed by atoms with van der Waals surface area (Å²) in [5.41, 5.74) is 1.74. The molecule has 0 aliphatic heterocycles. The lowest BCUT2D eigenvalue weighted by atomic mass is 10.1. The number of hydrogen-bond acceptors (Lipinski definition) is 10. The summed E-state index contributed by atoms with van der Waals surface area (Å²) in [6.07, 6.45) is 3.17. The van der Waals surface area contributed by atoms with Gasteiger partial charge >= 0.3 is 6.09 Å². The first-order valence-corrected chi connectivity index (χ1v) is 15.1. The van der Waals surface area contributed by atoms with E-state index in [2.05, 4.69) is 36.3 Å². The average Bonchev–Trinajstić information content (AvgIpc) is 3.56. The van der Waals surface area contributed by atoms with Crippen molar-refractivity contribution in [2.75, 3.05) is 16.0 Å². The summed E-state index contributed by atoms with van der Waals surface area (Å²) < 4.78 is 5.24. The fourth-order valence-electron chi connectivity index (χ4n) is 3.78. The molecule has 0 radical (unpaired) electrons. The Morgan fingerprint density at radius 1 is 0.690 bits per heavy atom. The van der Waals surface area contributed by atoms with Gasteiger partial charge < -0.3 is 15.4 Å². The van der Waals surface area contributed by atoms with Crippen LogP contribution in [-0.2, 0) is 40.0 Å². The third kappa shape index (κ3) is 10.6. The van der Waals surface area contributed by atoms with Gasteiger partial charge in [0, 0.05) is 18.5 Å². The zero-order valence-corrected chi connectivity index (χ0v) is 25.3. The fourth-order valence-corrected chi connectivity index (χ4v) is 5.38. The molecule has 0 aliphatic rings. The number of carbonyl (C=O) groups excluding carboxylic acids is 3. The molecular formula is C29H33N7O4S2. The standard InChI is InChI=1S/C29H33N7O4S2/c1-29(2,3)40-28(39)30-21-15-13-20(14-16-21)18-23(38)32-27-36-34-25(42-27)12-8-7-11-24-33-35-26(41-24)31-22(37)17-19-9-5-4-6-10-19/h4-6,9-10,13-16H,7-8,11-12,17-18H2,1-3H3,(H,30,39)(H,31,35,37)(H,32,36,38). The third-order valence-corrected chi connectivity index (χ3v) is 7.43. The Balaban J connectivity index is 1.13. The number of aryl methyl sites for hydroxylation is 2. The predicted octanol–water partition coefficient (Wildman–Crippen LogP) is 5.66. The molecule has 13 heteroatoms. The molecule has 2 aromatic heterocycles. The number of amides is 3. The topological polar surface area (TPSA) is 148 Å². The molecule has 0 atom stereocenters. The van der Waals surface area contributed by atoms with Gasteiger partial charge in [-0.25, -0.2) is 4.79 Å². The Morgan fingerprint density at radius 2 is 1.19 bits per heavy atom. The van der Waals surface area contributed by atoms with Crippen LogP contribution in [0.15, 0.2) is 54.6 Å². The molecule has 42 heavy (non-hydrogen) atoms. The van der Waals surface area contributed by atoms with Gasteiger partial charge in [0.15, 0.2) is 0 Å². The molecule has 2 heterocycles. The van der Waals surface area contributed by atoms with Crippen LogP contribution in [0.2, 0.25) is 0 Å². The quantitative estimate of drug-likeness (QED) is 0.175. The van der Waals surface area contributed by atoms with Crippen molar-refractivity contribution in [2.24, 2.45) is 0 Å². The summed E-state index contributed by atoms with van der Waals surface area (Å²) in [5, 5.41) is 27.5. The van der Waals surface area contributed by atoms with E-state index in [1.807, 2.05) is 30.3 Å². The number of rotatable bonds is 12. The minimum Gasteiger partial charge on any atom is -0.444 e. The number of nitrogens with one attached hydrogen (secondary N) is 3. The van der Waals surface area contributed by atoms with Crippen LogP contribution in [0.3, 0.4) is 0 Å². The molecule has 220 valence electrons. The molecule has 0 saturated heterocycles. The van der Waals surface area contributed by atoms with Gasteiger partial charge in [-0.05, 0) is 56.9 Å². The van der Waals surface area contributed by atoms with E-state index >= 15 is 0 Å². The molecule has 0 saturated carbocycles. The molecule has 4 rings (SSSR count). The summed E-state index contributed by atoms with van der Waals surface area (Å²) in [7, 11) is 0. The second-order valence-electron chi connectivity index (χ2n) is 10.5. The molecule has 11 nitrogen and oxygen atoms in total. The van der Waals surface area contributed by atoms with E-state index in [0.717, 1.165) is 46.8 Å². The molecule has 0 unspecified atom stereocenters. The number of nitrogens with zero attached hydrogens (tertiary/aromatic N) is 4. The van der Waals surface area contributed by atoms with Gasteiger partial charge in [0.05, 0.1) is 12.8 Å². The van der Waals surface area contributed by atoms with E-state index in [0.29, 0.717) is 22.4 Å². The summed E-state index contributed by atoms with van der Waals surface area (Å²) in [4.78, 5) is 36.6. The lowest BCUT2D eigenvalue weighted by Gasteiger charge is -2.19. The maximum absolute atomic E-state index is 12.5. The number of benzene rings is 2. The lowest BCUT2D eigenvalue weighted by molar-refractivity contribution is -0.116. The highest BCUT2D eigenvalue weighted by atomic mass is 32.1. The van der Waals surface area contributed by atoms with Crippen molar-refractivity contribution in [3.8, 4) is 0 Å². The number of carbonyl (C=O) groups is 3. The van der Waals surface area contributed by atoms with E-state index in [4.69, 9.17) is 4.74 Å². The first kappa shape index (κ1) is 30.7. The van der Waals surface area contributed by atoms with Gasteiger partial charge in [-0.1, -0.05) is 65.1 Å². The predicted molar refractivity (Wildman–Crippen MR) is 164 cm³/mol. The van der Waals surface area contributed by atoms with Crippen molar-refractivity contribution in [3.05, 3.63) is 75.7 Å². The third-order valence-electron chi connectivity index (χ3n) is 5.63. The van der Waals surface area contributed by atoms with Gasteiger partial charge in [-0.3, -0.25) is 14.9 Å². The van der Waals surface area contributed by atoms with Crippen molar-refractivity contribution in [3.63, 3.8) is 0 Å². The van der Waals surface area contributed by atoms with Gasteiger partial charge in [-0.2, -0.15) is 0 Å². The van der Waals surface area contributed by atoms with Crippen molar-refractivity contribution in [2.45, 2.75) is 64.9 Å². The van der Waals surface area contributed by atoms with Crippen LogP contribution in [0, 0.1) is 0 Å². The van der Waals surface area contributed by atoms with Crippen LogP contribution in [-0.4, -0.2) is 43.9 Å². The van der Waals surface area contributed by atoms with E-state index < -0.39 is 11.7 Å². The van der Waals surface area contributed by atoms with Gasteiger partial charge in [0.2, 0.25) is 22.1 Å². The molecule has 0 fully saturated rings. The van der Waals surface area contributed by atoms with Crippen LogP contribution in [0.5, 0.6) is 0 Å². The minimum absolute atomic E-state index is 0.117. The van der Waals surface area contributed by atoms with E-state index in [9.17, 15) is 14.4 Å². The number of ether oxygens (including phenoxy) is 1. The van der Waals surface area contributed by atoms with Crippen molar-refractivity contribution in [1.82, 2.24) is 20.4 Å². The monoisotopic (exact) mass is 607 g/mol. The Kier molecular flexibility index (Phi) is 10.7. The van der Waals surface area contributed by atoms with E-state index in [1.165, 1.54) is 22.7 Å². The number of aromatic nitrogens is 4. The van der Waals surface area contributed by atoms with Crippen molar-refractivity contribution >= 4 is 56.5 Å². The largest absolute Gasteiger partial charge is 0.444 e. The second kappa shape index (κ2) is 14.6. The second-order valence-corrected chi connectivity index (χ2v) is 12.6. The molecule has 4 aromatic rings. The zero-order chi connectivity index (χ0) is 30.0. The van der Waals surface area contributed by atoms with Gasteiger partial charge in [0.25, 0.3) is 0 Å². The molecule has 0 aliphatic carbocycles. The highest BCUT2D eigenvalue weighted by Gasteiger charge is 2.16. The number of unbranched alkanes of at least 4 members (excludes halogenated alkanes) is 1. The van der Waals surface area contributed by atoms with E-state index in [-0.39, 0.29) is 18.2 Å². The minimum atomic E-state index is -0.582. The first-order chi connectivity index (χ1) is 20.1. The molecule has 2 aromatic carbocycles. The molecule has 3 N–H and O–H groups in total. The molecular weight excluding hydrogens is 574 g/mol. The van der Waals surface area contributed by atoms with Crippen LogP contribution in [0.4, 0.5) is 20.7 Å². The smallest absolute Gasteiger partial charge is 0.412 e. The van der Waals surface area contributed by atoms with Crippen LogP contribution in [0.25, 0.3) is 0 Å². The Hall–Kier alpha value is -4.23. The first-order valence-electron chi connectivity index (χ1n) is 13.5. The van der Waals surface area contributed by atoms with E-state index in [1.54, 1.807) is 45.0 Å². The van der Waals surface area contributed by atoms with Gasteiger partial charge in [-0.15, -0.1) is 20.4 Å². The van der Waals surface area contributed by atoms with Crippen molar-refractivity contribution < 1.29 is 19.1 Å². The Labute approximate surface area is 252 Å². The zero-order valence-electron chi connectivity index (χ0n) is 23.7. The normalized spacial score (nSPS) is 11.1. The van der Waals surface area contributed by atoms with Crippen LogP contribution >= 0.6 is 22.7 Å². The SMILES string of the molecule is CC(C)(C)OC(=O)Nc1ccc(CC(=O)Nc2nnc(CCCCc3nnc(NC(=O)Cc4ccccc4)s3)s2)cc1. The summed E-state index contributed by atoms with van der Waals surface area (Å²) in [6.45, 7) is 5.39. The lowest BCUT2D eigenvalue weighted by Crippen LogP contribution is -2.27. The van der Waals surface area contributed by atoms with Gasteiger partial charge in [0.1, 0.15) is 15.6 Å². The highest BCUT2D eigenvalue weighted by Crippen LogP contribution is 2.21. The molecule has 3 amide bonds. The highest BCUT2D eigenvalue weighted by molar-refractivity contribution is 7.15. The molecule has 0 bridgehead atoms. The average molecular weight is 608 g/mol. The van der Waals surface area contributed by atoms with Crippen LogP contribution < -0.4 is 16.0 Å². The Bertz CT molecular complexity index is 1480. The molecule has 0 spiro atoms. The Morgan fingerprint density at radius 3 is 1.69 bits per heavy atom. The maximum Gasteiger partial charge on any atom is 0.412 e. The van der Waals surface area contributed by atoms with Crippen molar-refractivity contribution in [1.29, 1.82) is 0 Å². The fraction of sp³-hybridized carbons (Fsp3) is 0.345. The summed E-state index contributed by atoms with van der Waals surface area (Å²) >= 11 is 2.74. The number of anilines is 3.